The van der Waals surface area contributed by atoms with Crippen LogP contribution in [0, 0.1) is 6.92 Å². The van der Waals surface area contributed by atoms with Crippen LogP contribution in [0.25, 0.3) is 0 Å². The number of carbonyl (C=O) groups is 1. The zero-order valence-electron chi connectivity index (χ0n) is 11.8. The summed E-state index contributed by atoms with van der Waals surface area (Å²) < 4.78 is 38.0. The molecule has 0 fully saturated rings. The predicted octanol–water partition coefficient (Wildman–Crippen LogP) is 5.11. The maximum Gasteiger partial charge on any atom is 0.416 e. The first-order valence-corrected chi connectivity index (χ1v) is 7.10. The molecule has 0 aliphatic heterocycles. The van der Waals surface area contributed by atoms with Crippen LogP contribution in [0.15, 0.2) is 48.5 Å². The molecule has 0 bridgehead atoms. The maximum atomic E-state index is 12.7. The summed E-state index contributed by atoms with van der Waals surface area (Å²) in [6.07, 6.45) is -4.55. The van der Waals surface area contributed by atoms with Crippen molar-refractivity contribution in [1.29, 1.82) is 0 Å². The second kappa shape index (κ2) is 6.53. The maximum absolute atomic E-state index is 12.7. The van der Waals surface area contributed by atoms with Crippen molar-refractivity contribution >= 4 is 17.4 Å². The van der Waals surface area contributed by atoms with Gasteiger partial charge in [0.2, 0.25) is 0 Å². The summed E-state index contributed by atoms with van der Waals surface area (Å²) in [5.41, 5.74) is 1.22. The summed E-state index contributed by atoms with van der Waals surface area (Å²) >= 11 is 6.12. The molecule has 22 heavy (non-hydrogen) atoms. The minimum atomic E-state index is -4.42. The highest BCUT2D eigenvalue weighted by molar-refractivity contribution is 6.31. The lowest BCUT2D eigenvalue weighted by Gasteiger charge is -2.11. The topological polar surface area (TPSA) is 17.1 Å². The Labute approximate surface area is 131 Å². The minimum absolute atomic E-state index is 0.133. The number of hydrogen-bond donors (Lipinski definition) is 0. The van der Waals surface area contributed by atoms with Crippen molar-refractivity contribution in [3.63, 3.8) is 0 Å². The molecular weight excluding hydrogens is 313 g/mol. The number of rotatable bonds is 4. The van der Waals surface area contributed by atoms with E-state index in [0.717, 1.165) is 17.7 Å². The molecule has 0 N–H and O–H groups in total. The lowest BCUT2D eigenvalue weighted by atomic mass is 10.00. The first-order chi connectivity index (χ1) is 10.3. The van der Waals surface area contributed by atoms with E-state index < -0.39 is 17.1 Å². The molecular formula is C17H14ClF3O. The lowest BCUT2D eigenvalue weighted by Crippen LogP contribution is -2.11. The largest absolute Gasteiger partial charge is 0.416 e. The zero-order chi connectivity index (χ0) is 16.3. The Bertz CT molecular complexity index is 662. The smallest absolute Gasteiger partial charge is 0.297 e. The van der Waals surface area contributed by atoms with E-state index in [0.29, 0.717) is 11.1 Å². The molecule has 0 heterocycles. The second-order valence-corrected chi connectivity index (χ2v) is 5.55. The Morgan fingerprint density at radius 3 is 2.36 bits per heavy atom. The summed E-state index contributed by atoms with van der Waals surface area (Å²) in [4.78, 5) is 12.1. The highest BCUT2D eigenvalue weighted by Gasteiger charge is 2.30. The number of benzene rings is 2. The number of hydrogen-bond acceptors (Lipinski definition) is 1. The first kappa shape index (κ1) is 16.6. The van der Waals surface area contributed by atoms with Gasteiger partial charge in [0.1, 0.15) is 5.38 Å². The molecule has 0 aromatic heterocycles. The number of Topliss-reactive ketones (excluding diaryl/α,β-unsaturated/α-hetero) is 1. The van der Waals surface area contributed by atoms with Gasteiger partial charge in [0.05, 0.1) is 5.56 Å². The van der Waals surface area contributed by atoms with Gasteiger partial charge in [0, 0.05) is 6.42 Å². The van der Waals surface area contributed by atoms with Gasteiger partial charge in [-0.15, -0.1) is 11.6 Å². The molecule has 2 rings (SSSR count). The van der Waals surface area contributed by atoms with Crippen molar-refractivity contribution in [3.05, 3.63) is 70.8 Å². The van der Waals surface area contributed by atoms with Gasteiger partial charge in [0.15, 0.2) is 5.78 Å². The van der Waals surface area contributed by atoms with Crippen LogP contribution in [0.3, 0.4) is 0 Å². The van der Waals surface area contributed by atoms with E-state index in [2.05, 4.69) is 0 Å². The Balaban J connectivity index is 2.13. The standard InChI is InChI=1S/C17H14ClF3O/c1-11-5-7-13(8-6-11)16(18)15(22)10-12-3-2-4-14(9-12)17(19,20)21/h2-9,16H,10H2,1H3. The van der Waals surface area contributed by atoms with Crippen LogP contribution in [0.2, 0.25) is 0 Å². The minimum Gasteiger partial charge on any atom is -0.297 e. The molecule has 0 saturated carbocycles. The van der Waals surface area contributed by atoms with Crippen LogP contribution in [0.5, 0.6) is 0 Å². The predicted molar refractivity (Wildman–Crippen MR) is 79.9 cm³/mol. The Morgan fingerprint density at radius 2 is 1.77 bits per heavy atom. The third-order valence-corrected chi connectivity index (χ3v) is 3.78. The Kier molecular flexibility index (Phi) is 4.91. The van der Waals surface area contributed by atoms with Crippen LogP contribution in [0.1, 0.15) is 27.6 Å². The van der Waals surface area contributed by atoms with Crippen molar-refractivity contribution in [2.75, 3.05) is 0 Å². The number of ketones is 1. The summed E-state index contributed by atoms with van der Waals surface area (Å²) in [5, 5.41) is -0.866. The van der Waals surface area contributed by atoms with Crippen molar-refractivity contribution < 1.29 is 18.0 Å². The second-order valence-electron chi connectivity index (χ2n) is 5.11. The molecule has 0 aliphatic rings. The molecule has 116 valence electrons. The SMILES string of the molecule is Cc1ccc(C(Cl)C(=O)Cc2cccc(C(F)(F)F)c2)cc1. The quantitative estimate of drug-likeness (QED) is 0.714. The highest BCUT2D eigenvalue weighted by atomic mass is 35.5. The zero-order valence-corrected chi connectivity index (χ0v) is 12.6. The van der Waals surface area contributed by atoms with Gasteiger partial charge < -0.3 is 0 Å². The number of alkyl halides is 4. The average molecular weight is 327 g/mol. The van der Waals surface area contributed by atoms with E-state index in [9.17, 15) is 18.0 Å². The van der Waals surface area contributed by atoms with Crippen LogP contribution in [-0.2, 0) is 17.4 Å². The Hall–Kier alpha value is -1.81. The normalized spacial score (nSPS) is 13.0. The molecule has 1 unspecified atom stereocenters. The summed E-state index contributed by atoms with van der Waals surface area (Å²) in [7, 11) is 0. The van der Waals surface area contributed by atoms with Crippen molar-refractivity contribution in [3.8, 4) is 0 Å². The molecule has 0 aliphatic carbocycles. The van der Waals surface area contributed by atoms with E-state index in [1.165, 1.54) is 12.1 Å². The number of carbonyl (C=O) groups excluding carboxylic acids is 1. The molecule has 0 saturated heterocycles. The molecule has 5 heteroatoms. The number of halogens is 4. The van der Waals surface area contributed by atoms with Gasteiger partial charge in [-0.1, -0.05) is 48.0 Å². The molecule has 1 nitrogen and oxygen atoms in total. The third kappa shape index (κ3) is 4.10. The number of aryl methyl sites for hydroxylation is 1. The molecule has 2 aromatic carbocycles. The van der Waals surface area contributed by atoms with Crippen molar-refractivity contribution in [2.45, 2.75) is 24.9 Å². The molecule has 1 atom stereocenters. The van der Waals surface area contributed by atoms with Crippen LogP contribution in [0.4, 0.5) is 13.2 Å². The van der Waals surface area contributed by atoms with E-state index in [1.807, 2.05) is 19.1 Å². The van der Waals surface area contributed by atoms with Gasteiger partial charge in [-0.25, -0.2) is 0 Å². The first-order valence-electron chi connectivity index (χ1n) is 6.67. The molecule has 0 spiro atoms. The van der Waals surface area contributed by atoms with Gasteiger partial charge >= 0.3 is 6.18 Å². The van der Waals surface area contributed by atoms with Gasteiger partial charge in [-0.3, -0.25) is 4.79 Å². The van der Waals surface area contributed by atoms with E-state index in [-0.39, 0.29) is 12.2 Å². The third-order valence-electron chi connectivity index (χ3n) is 3.29. The van der Waals surface area contributed by atoms with Gasteiger partial charge in [-0.2, -0.15) is 13.2 Å². The fourth-order valence-corrected chi connectivity index (χ4v) is 2.29. The lowest BCUT2D eigenvalue weighted by molar-refractivity contribution is -0.137. The van der Waals surface area contributed by atoms with E-state index in [4.69, 9.17) is 11.6 Å². The fourth-order valence-electron chi connectivity index (χ4n) is 2.07. The summed E-state index contributed by atoms with van der Waals surface area (Å²) in [6.45, 7) is 1.91. The van der Waals surface area contributed by atoms with Crippen molar-refractivity contribution in [1.82, 2.24) is 0 Å². The molecule has 2 aromatic rings. The van der Waals surface area contributed by atoms with Crippen LogP contribution < -0.4 is 0 Å². The van der Waals surface area contributed by atoms with Gasteiger partial charge in [0.25, 0.3) is 0 Å². The van der Waals surface area contributed by atoms with E-state index in [1.54, 1.807) is 12.1 Å². The monoisotopic (exact) mass is 326 g/mol. The van der Waals surface area contributed by atoms with Crippen LogP contribution >= 0.6 is 11.6 Å². The molecule has 0 radical (unpaired) electrons. The van der Waals surface area contributed by atoms with Gasteiger partial charge in [-0.05, 0) is 24.1 Å². The van der Waals surface area contributed by atoms with E-state index >= 15 is 0 Å². The average Bonchev–Trinajstić information content (AvgIpc) is 2.46. The molecule has 0 amide bonds. The summed E-state index contributed by atoms with van der Waals surface area (Å²) in [5.74, 6) is -0.329. The van der Waals surface area contributed by atoms with Crippen LogP contribution in [-0.4, -0.2) is 5.78 Å². The Morgan fingerprint density at radius 1 is 1.14 bits per heavy atom. The fraction of sp³-hybridized carbons (Fsp3) is 0.235. The summed E-state index contributed by atoms with van der Waals surface area (Å²) in [6, 6.07) is 11.9. The van der Waals surface area contributed by atoms with Crippen molar-refractivity contribution in [2.24, 2.45) is 0 Å². The highest BCUT2D eigenvalue weighted by Crippen LogP contribution is 2.30.